The molecule has 1 fully saturated rings. The van der Waals surface area contributed by atoms with Gasteiger partial charge >= 0.3 is 5.97 Å². The minimum absolute atomic E-state index is 0.0947. The Morgan fingerprint density at radius 3 is 2.73 bits per heavy atom. The molecule has 136 valence electrons. The van der Waals surface area contributed by atoms with E-state index in [4.69, 9.17) is 0 Å². The molecule has 1 amide bonds. The molecule has 2 aromatic rings. The zero-order valence-corrected chi connectivity index (χ0v) is 14.2. The number of hydrogen-bond donors (Lipinski definition) is 1. The van der Waals surface area contributed by atoms with Gasteiger partial charge in [0.1, 0.15) is 0 Å². The summed E-state index contributed by atoms with van der Waals surface area (Å²) in [5.41, 5.74) is 0.861. The molecule has 3 rings (SSSR count). The van der Waals surface area contributed by atoms with E-state index in [0.29, 0.717) is 24.3 Å². The Labute approximate surface area is 148 Å². The third kappa shape index (κ3) is 2.89. The number of aromatic nitrogens is 3. The highest BCUT2D eigenvalue weighted by molar-refractivity contribution is 5.94. The van der Waals surface area contributed by atoms with Gasteiger partial charge < -0.3 is 10.0 Å². The Morgan fingerprint density at radius 1 is 1.38 bits per heavy atom. The van der Waals surface area contributed by atoms with Crippen molar-refractivity contribution < 1.29 is 19.6 Å². The minimum atomic E-state index is -0.926. The molecule has 1 N–H and O–H groups in total. The van der Waals surface area contributed by atoms with Crippen LogP contribution in [0.1, 0.15) is 29.5 Å². The molecule has 0 radical (unpaired) electrons. The molecule has 1 aliphatic heterocycles. The van der Waals surface area contributed by atoms with Crippen molar-refractivity contribution in [3.63, 3.8) is 0 Å². The maximum Gasteiger partial charge on any atom is 0.308 e. The summed E-state index contributed by atoms with van der Waals surface area (Å²) in [7, 11) is 0. The van der Waals surface area contributed by atoms with Gasteiger partial charge in [-0.05, 0) is 26.3 Å². The van der Waals surface area contributed by atoms with Gasteiger partial charge in [0.25, 0.3) is 11.6 Å². The van der Waals surface area contributed by atoms with Crippen LogP contribution in [0, 0.1) is 23.0 Å². The summed E-state index contributed by atoms with van der Waals surface area (Å²) >= 11 is 0. The predicted octanol–water partition coefficient (Wildman–Crippen LogP) is 1.42. The number of nitro benzene ring substituents is 1. The summed E-state index contributed by atoms with van der Waals surface area (Å²) in [6.45, 7) is 3.67. The van der Waals surface area contributed by atoms with Gasteiger partial charge in [0, 0.05) is 24.7 Å². The molecule has 0 saturated carbocycles. The number of nitrogens with zero attached hydrogens (tertiary/aromatic N) is 5. The number of hydrogen-bond acceptors (Lipinski definition) is 6. The highest BCUT2D eigenvalue weighted by atomic mass is 16.6. The Balaban J connectivity index is 1.90. The van der Waals surface area contributed by atoms with Crippen LogP contribution in [-0.2, 0) is 4.79 Å². The van der Waals surface area contributed by atoms with Crippen LogP contribution in [0.2, 0.25) is 0 Å². The van der Waals surface area contributed by atoms with Gasteiger partial charge in [0.2, 0.25) is 0 Å². The van der Waals surface area contributed by atoms with Gasteiger partial charge in [-0.3, -0.25) is 19.7 Å². The Morgan fingerprint density at radius 2 is 2.12 bits per heavy atom. The lowest BCUT2D eigenvalue weighted by molar-refractivity contribution is -0.384. The number of carbonyl (C=O) groups excluding carboxylic acids is 1. The number of likely N-dealkylation sites (tertiary alicyclic amines) is 1. The maximum atomic E-state index is 12.8. The first-order valence-corrected chi connectivity index (χ1v) is 8.02. The predicted molar refractivity (Wildman–Crippen MR) is 89.0 cm³/mol. The van der Waals surface area contributed by atoms with E-state index in [1.165, 1.54) is 27.8 Å². The van der Waals surface area contributed by atoms with E-state index in [9.17, 15) is 24.8 Å². The van der Waals surface area contributed by atoms with Gasteiger partial charge in [-0.25, -0.2) is 4.68 Å². The minimum Gasteiger partial charge on any atom is -0.481 e. The first kappa shape index (κ1) is 17.5. The van der Waals surface area contributed by atoms with E-state index >= 15 is 0 Å². The standard InChI is InChI=1S/C16H17N5O5/c1-9-13(16(23)24)6-7-19(9)15(22)14-10(2)20(18-17-14)11-4-3-5-12(8-11)21(25)26/h3-5,8-9,13H,6-7H2,1-2H3,(H,23,24). The lowest BCUT2D eigenvalue weighted by Crippen LogP contribution is -2.38. The van der Waals surface area contributed by atoms with Crippen molar-refractivity contribution >= 4 is 17.6 Å². The SMILES string of the molecule is Cc1c(C(=O)N2CCC(C(=O)O)C2C)nnn1-c1cccc([N+](=O)[O-])c1. The topological polar surface area (TPSA) is 131 Å². The Kier molecular flexibility index (Phi) is 4.41. The second-order valence-corrected chi connectivity index (χ2v) is 6.18. The lowest BCUT2D eigenvalue weighted by atomic mass is 10.0. The monoisotopic (exact) mass is 359 g/mol. The van der Waals surface area contributed by atoms with Crippen LogP contribution in [0.3, 0.4) is 0 Å². The van der Waals surface area contributed by atoms with Crippen LogP contribution >= 0.6 is 0 Å². The second kappa shape index (κ2) is 6.54. The van der Waals surface area contributed by atoms with Gasteiger partial charge in [-0.2, -0.15) is 0 Å². The molecule has 1 aromatic heterocycles. The normalized spacial score (nSPS) is 19.5. The molecule has 0 bridgehead atoms. The number of nitro groups is 1. The van der Waals surface area contributed by atoms with E-state index in [1.54, 1.807) is 19.9 Å². The highest BCUT2D eigenvalue weighted by Crippen LogP contribution is 2.27. The summed E-state index contributed by atoms with van der Waals surface area (Å²) in [5.74, 6) is -1.92. The number of carbonyl (C=O) groups is 2. The molecule has 0 aliphatic carbocycles. The van der Waals surface area contributed by atoms with E-state index < -0.39 is 28.8 Å². The Hall–Kier alpha value is -3.30. The van der Waals surface area contributed by atoms with Crippen LogP contribution in [0.5, 0.6) is 0 Å². The van der Waals surface area contributed by atoms with Crippen molar-refractivity contribution in [2.75, 3.05) is 6.54 Å². The zero-order valence-electron chi connectivity index (χ0n) is 14.2. The maximum absolute atomic E-state index is 12.8. The van der Waals surface area contributed by atoms with Crippen molar-refractivity contribution in [1.82, 2.24) is 19.9 Å². The van der Waals surface area contributed by atoms with Crippen molar-refractivity contribution in [3.8, 4) is 5.69 Å². The molecule has 2 heterocycles. The fraction of sp³-hybridized carbons (Fsp3) is 0.375. The summed E-state index contributed by atoms with van der Waals surface area (Å²) in [5, 5.41) is 28.0. The molecule has 1 aliphatic rings. The second-order valence-electron chi connectivity index (χ2n) is 6.18. The van der Waals surface area contributed by atoms with E-state index in [1.807, 2.05) is 0 Å². The number of amides is 1. The van der Waals surface area contributed by atoms with E-state index in [-0.39, 0.29) is 11.4 Å². The van der Waals surface area contributed by atoms with Crippen molar-refractivity contribution in [2.24, 2.45) is 5.92 Å². The molecule has 2 unspecified atom stereocenters. The number of carboxylic acids is 1. The van der Waals surface area contributed by atoms with E-state index in [0.717, 1.165) is 0 Å². The third-order valence-electron chi connectivity index (χ3n) is 4.72. The fourth-order valence-corrected chi connectivity index (χ4v) is 3.20. The average Bonchev–Trinajstić information content (AvgIpc) is 3.17. The van der Waals surface area contributed by atoms with Gasteiger partial charge in [-0.15, -0.1) is 5.10 Å². The van der Waals surface area contributed by atoms with Crippen molar-refractivity contribution in [3.05, 3.63) is 45.8 Å². The highest BCUT2D eigenvalue weighted by Gasteiger charge is 2.39. The van der Waals surface area contributed by atoms with Crippen LogP contribution in [0.25, 0.3) is 5.69 Å². The summed E-state index contributed by atoms with van der Waals surface area (Å²) in [6, 6.07) is 5.41. The first-order valence-electron chi connectivity index (χ1n) is 8.02. The summed E-state index contributed by atoms with van der Waals surface area (Å²) < 4.78 is 1.36. The largest absolute Gasteiger partial charge is 0.481 e. The van der Waals surface area contributed by atoms with Crippen LogP contribution in [0.4, 0.5) is 5.69 Å². The molecule has 26 heavy (non-hydrogen) atoms. The van der Waals surface area contributed by atoms with Crippen LogP contribution < -0.4 is 0 Å². The smallest absolute Gasteiger partial charge is 0.308 e. The van der Waals surface area contributed by atoms with Crippen molar-refractivity contribution in [1.29, 1.82) is 0 Å². The zero-order chi connectivity index (χ0) is 19.0. The number of aliphatic carboxylic acids is 1. The van der Waals surface area contributed by atoms with Gasteiger partial charge in [0.05, 0.1) is 22.2 Å². The quantitative estimate of drug-likeness (QED) is 0.645. The van der Waals surface area contributed by atoms with Crippen LogP contribution in [0.15, 0.2) is 24.3 Å². The summed E-state index contributed by atoms with van der Waals surface area (Å²) in [4.78, 5) is 35.9. The number of non-ortho nitro benzene ring substituents is 1. The number of rotatable bonds is 4. The lowest BCUT2D eigenvalue weighted by Gasteiger charge is -2.22. The fourth-order valence-electron chi connectivity index (χ4n) is 3.20. The molecular weight excluding hydrogens is 342 g/mol. The average molecular weight is 359 g/mol. The molecule has 10 heteroatoms. The van der Waals surface area contributed by atoms with Gasteiger partial charge in [-0.1, -0.05) is 11.3 Å². The molecule has 1 aromatic carbocycles. The molecule has 0 spiro atoms. The molecular formula is C16H17N5O5. The number of carboxylic acid groups (broad SMARTS) is 1. The summed E-state index contributed by atoms with van der Waals surface area (Å²) in [6.07, 6.45) is 0.389. The molecule has 10 nitrogen and oxygen atoms in total. The third-order valence-corrected chi connectivity index (χ3v) is 4.72. The van der Waals surface area contributed by atoms with E-state index in [2.05, 4.69) is 10.3 Å². The first-order chi connectivity index (χ1) is 12.3. The molecule has 1 saturated heterocycles. The van der Waals surface area contributed by atoms with Crippen molar-refractivity contribution in [2.45, 2.75) is 26.3 Å². The molecule has 2 atom stereocenters. The number of benzene rings is 1. The van der Waals surface area contributed by atoms with Crippen LogP contribution in [-0.4, -0.2) is 54.4 Å². The van der Waals surface area contributed by atoms with Gasteiger partial charge in [0.15, 0.2) is 5.69 Å². The Bertz CT molecular complexity index is 893.